The smallest absolute Gasteiger partial charge is 0.122 e. The van der Waals surface area contributed by atoms with E-state index in [9.17, 15) is 0 Å². The second kappa shape index (κ2) is 7.16. The number of nitrogens with one attached hydrogen (secondary N) is 1. The molecule has 1 aromatic rings. The Balaban J connectivity index is 2.84. The van der Waals surface area contributed by atoms with Crippen LogP contribution in [0.25, 0.3) is 0 Å². The Labute approximate surface area is 116 Å². The minimum Gasteiger partial charge on any atom is -0.496 e. The van der Waals surface area contributed by atoms with Crippen LogP contribution in [0.2, 0.25) is 0 Å². The highest BCUT2D eigenvalue weighted by Crippen LogP contribution is 2.29. The number of aryl methyl sites for hydroxylation is 1. The zero-order valence-corrected chi connectivity index (χ0v) is 12.6. The Kier molecular flexibility index (Phi) is 5.85. The first-order chi connectivity index (χ1) is 8.99. The number of ether oxygens (including phenoxy) is 1. The summed E-state index contributed by atoms with van der Waals surface area (Å²) in [6.45, 7) is 9.15. The standard InChI is InChI=1S/C16H24N2O/c1-11(2)15-9-14(6-7-18-13(4)10-17)12(3)8-16(15)19-5/h8-9,11,13,18H,6-7H2,1-5H3. The molecular formula is C16H24N2O. The molecular weight excluding hydrogens is 236 g/mol. The minimum absolute atomic E-state index is 0.0943. The average Bonchev–Trinajstić information content (AvgIpc) is 2.39. The number of nitriles is 1. The molecule has 0 fully saturated rings. The molecule has 1 rings (SSSR count). The summed E-state index contributed by atoms with van der Waals surface area (Å²) in [5.74, 6) is 1.41. The molecule has 0 saturated heterocycles. The summed E-state index contributed by atoms with van der Waals surface area (Å²) in [5.41, 5.74) is 3.81. The third-order valence-corrected chi connectivity index (χ3v) is 3.35. The van der Waals surface area contributed by atoms with Crippen molar-refractivity contribution in [3.8, 4) is 11.8 Å². The maximum absolute atomic E-state index is 8.74. The maximum atomic E-state index is 8.74. The van der Waals surface area contributed by atoms with E-state index in [4.69, 9.17) is 10.00 Å². The molecule has 0 bridgehead atoms. The van der Waals surface area contributed by atoms with Crippen LogP contribution in [-0.4, -0.2) is 19.7 Å². The minimum atomic E-state index is -0.0943. The molecule has 0 saturated carbocycles. The Morgan fingerprint density at radius 1 is 1.32 bits per heavy atom. The third-order valence-electron chi connectivity index (χ3n) is 3.35. The van der Waals surface area contributed by atoms with Gasteiger partial charge in [-0.05, 0) is 48.9 Å². The zero-order valence-electron chi connectivity index (χ0n) is 12.6. The molecule has 19 heavy (non-hydrogen) atoms. The molecule has 0 aliphatic heterocycles. The molecule has 104 valence electrons. The second-order valence-corrected chi connectivity index (χ2v) is 5.23. The Bertz CT molecular complexity index is 461. The van der Waals surface area contributed by atoms with Crippen molar-refractivity contribution >= 4 is 0 Å². The van der Waals surface area contributed by atoms with Gasteiger partial charge in [-0.1, -0.05) is 19.9 Å². The van der Waals surface area contributed by atoms with Crippen molar-refractivity contribution in [2.75, 3.05) is 13.7 Å². The fraction of sp³-hybridized carbons (Fsp3) is 0.562. The van der Waals surface area contributed by atoms with Crippen LogP contribution in [0.3, 0.4) is 0 Å². The van der Waals surface area contributed by atoms with Gasteiger partial charge in [0.1, 0.15) is 5.75 Å². The summed E-state index contributed by atoms with van der Waals surface area (Å²) in [5, 5.41) is 11.9. The summed E-state index contributed by atoms with van der Waals surface area (Å²) in [6.07, 6.45) is 0.932. The van der Waals surface area contributed by atoms with E-state index in [0.29, 0.717) is 5.92 Å². The van der Waals surface area contributed by atoms with Gasteiger partial charge in [0.15, 0.2) is 0 Å². The number of nitrogens with zero attached hydrogens (tertiary/aromatic N) is 1. The van der Waals surface area contributed by atoms with Gasteiger partial charge in [0.25, 0.3) is 0 Å². The Hall–Kier alpha value is -1.53. The van der Waals surface area contributed by atoms with Gasteiger partial charge >= 0.3 is 0 Å². The van der Waals surface area contributed by atoms with E-state index in [2.05, 4.69) is 44.3 Å². The van der Waals surface area contributed by atoms with E-state index >= 15 is 0 Å². The SMILES string of the molecule is COc1cc(C)c(CCNC(C)C#N)cc1C(C)C. The topological polar surface area (TPSA) is 45.0 Å². The van der Waals surface area contributed by atoms with Gasteiger partial charge < -0.3 is 10.1 Å². The molecule has 1 unspecified atom stereocenters. The van der Waals surface area contributed by atoms with E-state index < -0.39 is 0 Å². The molecule has 3 nitrogen and oxygen atoms in total. The predicted molar refractivity (Wildman–Crippen MR) is 78.6 cm³/mol. The average molecular weight is 260 g/mol. The van der Waals surface area contributed by atoms with Gasteiger partial charge in [-0.2, -0.15) is 5.26 Å². The van der Waals surface area contributed by atoms with Gasteiger partial charge in [-0.25, -0.2) is 0 Å². The van der Waals surface area contributed by atoms with Gasteiger partial charge in [0.2, 0.25) is 0 Å². The lowest BCUT2D eigenvalue weighted by molar-refractivity contribution is 0.407. The fourth-order valence-corrected chi connectivity index (χ4v) is 2.11. The molecule has 0 radical (unpaired) electrons. The highest BCUT2D eigenvalue weighted by molar-refractivity contribution is 5.44. The van der Waals surface area contributed by atoms with Gasteiger partial charge in [0.05, 0.1) is 19.2 Å². The van der Waals surface area contributed by atoms with Gasteiger partial charge in [0, 0.05) is 6.54 Å². The Morgan fingerprint density at radius 2 is 2.00 bits per heavy atom. The Morgan fingerprint density at radius 3 is 2.53 bits per heavy atom. The normalized spacial score (nSPS) is 12.3. The van der Waals surface area contributed by atoms with Gasteiger partial charge in [-0.15, -0.1) is 0 Å². The van der Waals surface area contributed by atoms with E-state index in [1.54, 1.807) is 7.11 Å². The van der Waals surface area contributed by atoms with Crippen molar-refractivity contribution in [2.45, 2.75) is 46.1 Å². The van der Waals surface area contributed by atoms with Crippen molar-refractivity contribution in [3.05, 3.63) is 28.8 Å². The van der Waals surface area contributed by atoms with E-state index in [1.165, 1.54) is 16.7 Å². The van der Waals surface area contributed by atoms with Crippen LogP contribution in [0.15, 0.2) is 12.1 Å². The molecule has 0 aliphatic rings. The van der Waals surface area contributed by atoms with E-state index in [0.717, 1.165) is 18.7 Å². The predicted octanol–water partition coefficient (Wildman–Crippen LogP) is 3.17. The lowest BCUT2D eigenvalue weighted by Crippen LogP contribution is -2.26. The van der Waals surface area contributed by atoms with Crippen molar-refractivity contribution < 1.29 is 4.74 Å². The van der Waals surface area contributed by atoms with E-state index in [1.807, 2.05) is 6.92 Å². The highest BCUT2D eigenvalue weighted by atomic mass is 16.5. The first-order valence-electron chi connectivity index (χ1n) is 6.80. The lowest BCUT2D eigenvalue weighted by atomic mass is 9.95. The summed E-state index contributed by atoms with van der Waals surface area (Å²) in [4.78, 5) is 0. The summed E-state index contributed by atoms with van der Waals surface area (Å²) in [6, 6.07) is 6.43. The fourth-order valence-electron chi connectivity index (χ4n) is 2.11. The van der Waals surface area contributed by atoms with Crippen LogP contribution in [0.4, 0.5) is 0 Å². The van der Waals surface area contributed by atoms with Crippen molar-refractivity contribution in [1.29, 1.82) is 5.26 Å². The van der Waals surface area contributed by atoms with Crippen molar-refractivity contribution in [3.63, 3.8) is 0 Å². The molecule has 0 amide bonds. The second-order valence-electron chi connectivity index (χ2n) is 5.23. The van der Waals surface area contributed by atoms with Crippen molar-refractivity contribution in [2.24, 2.45) is 0 Å². The number of hydrogen-bond donors (Lipinski definition) is 1. The summed E-state index contributed by atoms with van der Waals surface area (Å²) in [7, 11) is 1.72. The molecule has 1 atom stereocenters. The van der Waals surface area contributed by atoms with Crippen molar-refractivity contribution in [1.82, 2.24) is 5.32 Å². The number of benzene rings is 1. The quantitative estimate of drug-likeness (QED) is 0.854. The molecule has 1 N–H and O–H groups in total. The number of rotatable bonds is 6. The van der Waals surface area contributed by atoms with Crippen LogP contribution >= 0.6 is 0 Å². The maximum Gasteiger partial charge on any atom is 0.122 e. The van der Waals surface area contributed by atoms with Crippen LogP contribution in [0.5, 0.6) is 5.75 Å². The largest absolute Gasteiger partial charge is 0.496 e. The van der Waals surface area contributed by atoms with Crippen LogP contribution in [0, 0.1) is 18.3 Å². The monoisotopic (exact) mass is 260 g/mol. The summed E-state index contributed by atoms with van der Waals surface area (Å²) >= 11 is 0. The highest BCUT2D eigenvalue weighted by Gasteiger charge is 2.11. The first-order valence-corrected chi connectivity index (χ1v) is 6.80. The molecule has 0 spiro atoms. The van der Waals surface area contributed by atoms with Gasteiger partial charge in [-0.3, -0.25) is 0 Å². The van der Waals surface area contributed by atoms with Crippen LogP contribution in [-0.2, 0) is 6.42 Å². The zero-order chi connectivity index (χ0) is 14.4. The first kappa shape index (κ1) is 15.5. The molecule has 3 heteroatoms. The number of methoxy groups -OCH3 is 1. The molecule has 0 aliphatic carbocycles. The van der Waals surface area contributed by atoms with Crippen LogP contribution in [0.1, 0.15) is 43.4 Å². The molecule has 0 heterocycles. The van der Waals surface area contributed by atoms with Crippen LogP contribution < -0.4 is 10.1 Å². The van der Waals surface area contributed by atoms with E-state index in [-0.39, 0.29) is 6.04 Å². The third kappa shape index (κ3) is 4.25. The number of hydrogen-bond acceptors (Lipinski definition) is 3. The lowest BCUT2D eigenvalue weighted by Gasteiger charge is -2.16. The molecule has 1 aromatic carbocycles. The molecule has 0 aromatic heterocycles. The summed E-state index contributed by atoms with van der Waals surface area (Å²) < 4.78 is 5.44.